The third-order valence-electron chi connectivity index (χ3n) is 1.62. The summed E-state index contributed by atoms with van der Waals surface area (Å²) in [7, 11) is 3.57. The van der Waals surface area contributed by atoms with Gasteiger partial charge >= 0.3 is 0 Å². The van der Waals surface area contributed by atoms with Gasteiger partial charge in [-0.3, -0.25) is 4.99 Å². The molecule has 3 nitrogen and oxygen atoms in total. The summed E-state index contributed by atoms with van der Waals surface area (Å²) in [6.07, 6.45) is 0. The molecule has 1 radical (unpaired) electrons. The van der Waals surface area contributed by atoms with Crippen molar-refractivity contribution in [3.63, 3.8) is 0 Å². The minimum absolute atomic E-state index is 0.519. The molecule has 1 rings (SSSR count). The quantitative estimate of drug-likeness (QED) is 0.489. The molecular formula is C9H12N3. The van der Waals surface area contributed by atoms with Crippen molar-refractivity contribution in [2.75, 3.05) is 14.1 Å². The van der Waals surface area contributed by atoms with Crippen LogP contribution in [0.3, 0.4) is 0 Å². The number of rotatable bonds is 1. The number of nitrogens with one attached hydrogen (secondary N) is 2. The van der Waals surface area contributed by atoms with E-state index in [1.165, 1.54) is 0 Å². The van der Waals surface area contributed by atoms with E-state index in [9.17, 15) is 0 Å². The van der Waals surface area contributed by atoms with Gasteiger partial charge in [-0.15, -0.1) is 0 Å². The van der Waals surface area contributed by atoms with E-state index in [0.29, 0.717) is 5.69 Å². The van der Waals surface area contributed by atoms with Gasteiger partial charge in [-0.25, -0.2) is 0 Å². The highest BCUT2D eigenvalue weighted by molar-refractivity contribution is 5.98. The van der Waals surface area contributed by atoms with E-state index in [1.54, 1.807) is 19.2 Å². The minimum Gasteiger partial charge on any atom is -0.373 e. The monoisotopic (exact) mass is 162 g/mol. The molecule has 0 saturated heterocycles. The van der Waals surface area contributed by atoms with Gasteiger partial charge in [-0.1, -0.05) is 0 Å². The highest BCUT2D eigenvalue weighted by atomic mass is 14.9. The predicted octanol–water partition coefficient (Wildman–Crippen LogP) is 1.20. The van der Waals surface area contributed by atoms with E-state index in [2.05, 4.69) is 10.3 Å². The lowest BCUT2D eigenvalue weighted by molar-refractivity contribution is 1.15. The van der Waals surface area contributed by atoms with Crippen LogP contribution in [0, 0.1) is 0 Å². The van der Waals surface area contributed by atoms with E-state index in [-0.39, 0.29) is 0 Å². The molecule has 0 spiro atoms. The highest BCUT2D eigenvalue weighted by Gasteiger charge is 1.97. The normalized spacial score (nSPS) is 11.3. The Hall–Kier alpha value is -1.51. The van der Waals surface area contributed by atoms with Crippen LogP contribution in [-0.2, 0) is 0 Å². The Morgan fingerprint density at radius 2 is 1.92 bits per heavy atom. The molecule has 0 aliphatic carbocycles. The Morgan fingerprint density at radius 3 is 2.33 bits per heavy atom. The van der Waals surface area contributed by atoms with Gasteiger partial charge in [0.1, 0.15) is 5.84 Å². The molecule has 0 heterocycles. The summed E-state index contributed by atoms with van der Waals surface area (Å²) in [5.74, 6) is 0.843. The van der Waals surface area contributed by atoms with Gasteiger partial charge in [-0.2, -0.15) is 0 Å². The molecule has 0 unspecified atom stereocenters. The van der Waals surface area contributed by atoms with E-state index >= 15 is 0 Å². The number of hydrogen-bond acceptors (Lipinski definition) is 1. The van der Waals surface area contributed by atoms with Crippen LogP contribution in [0.5, 0.6) is 0 Å². The summed E-state index contributed by atoms with van der Waals surface area (Å²) in [5, 5.41) is 2.98. The van der Waals surface area contributed by atoms with Crippen LogP contribution >= 0.6 is 0 Å². The Kier molecular flexibility index (Phi) is 2.69. The van der Waals surface area contributed by atoms with Crippen LogP contribution in [0.15, 0.2) is 29.3 Å². The molecule has 0 aliphatic rings. The van der Waals surface area contributed by atoms with Crippen molar-refractivity contribution in [3.8, 4) is 0 Å². The third-order valence-corrected chi connectivity index (χ3v) is 1.62. The summed E-state index contributed by atoms with van der Waals surface area (Å²) < 4.78 is 0. The maximum atomic E-state index is 7.29. The Morgan fingerprint density at radius 1 is 1.33 bits per heavy atom. The molecule has 0 fully saturated rings. The molecule has 0 saturated carbocycles. The fourth-order valence-electron chi connectivity index (χ4n) is 1.01. The predicted molar refractivity (Wildman–Crippen MR) is 50.7 cm³/mol. The van der Waals surface area contributed by atoms with Gasteiger partial charge in [-0.05, 0) is 24.3 Å². The van der Waals surface area contributed by atoms with E-state index in [4.69, 9.17) is 5.73 Å². The van der Waals surface area contributed by atoms with Crippen molar-refractivity contribution < 1.29 is 0 Å². The first kappa shape index (κ1) is 8.59. The molecule has 0 bridgehead atoms. The van der Waals surface area contributed by atoms with Crippen LogP contribution in [0.1, 0.15) is 5.56 Å². The summed E-state index contributed by atoms with van der Waals surface area (Å²) >= 11 is 0. The lowest BCUT2D eigenvalue weighted by Gasteiger charge is -2.03. The topological polar surface area (TPSA) is 48.2 Å². The van der Waals surface area contributed by atoms with E-state index < -0.39 is 0 Å². The van der Waals surface area contributed by atoms with Crippen LogP contribution in [0.4, 0.5) is 5.69 Å². The van der Waals surface area contributed by atoms with Crippen LogP contribution in [-0.4, -0.2) is 19.9 Å². The van der Waals surface area contributed by atoms with Crippen molar-refractivity contribution in [3.05, 3.63) is 29.8 Å². The first-order chi connectivity index (χ1) is 5.77. The summed E-state index contributed by atoms with van der Waals surface area (Å²) in [6.45, 7) is 0. The number of nitrogens with zero attached hydrogens (tertiary/aromatic N) is 1. The molecule has 0 atom stereocenters. The summed E-state index contributed by atoms with van der Waals surface area (Å²) in [5.41, 5.74) is 8.82. The summed E-state index contributed by atoms with van der Waals surface area (Å²) in [4.78, 5) is 4.05. The zero-order valence-corrected chi connectivity index (χ0v) is 7.26. The molecule has 1 aromatic rings. The lowest BCUT2D eigenvalue weighted by atomic mass is 10.2. The van der Waals surface area contributed by atoms with Crippen LogP contribution in [0.25, 0.3) is 0 Å². The third kappa shape index (κ3) is 1.75. The molecule has 63 valence electrons. The van der Waals surface area contributed by atoms with Crippen molar-refractivity contribution in [1.82, 2.24) is 11.1 Å². The van der Waals surface area contributed by atoms with Crippen molar-refractivity contribution in [1.29, 1.82) is 0 Å². The smallest absolute Gasteiger partial charge is 0.127 e. The molecule has 12 heavy (non-hydrogen) atoms. The number of amidine groups is 1. The van der Waals surface area contributed by atoms with Gasteiger partial charge in [0, 0.05) is 19.7 Å². The zero-order valence-electron chi connectivity index (χ0n) is 7.26. The number of benzene rings is 1. The van der Waals surface area contributed by atoms with E-state index in [1.807, 2.05) is 19.2 Å². The van der Waals surface area contributed by atoms with Crippen LogP contribution in [0.2, 0.25) is 0 Å². The molecule has 1 aromatic carbocycles. The highest BCUT2D eigenvalue weighted by Crippen LogP contribution is 2.06. The van der Waals surface area contributed by atoms with Gasteiger partial charge in [0.15, 0.2) is 0 Å². The number of aliphatic imine (C=N–C) groups is 1. The average Bonchev–Trinajstić information content (AvgIpc) is 2.10. The Labute approximate surface area is 72.3 Å². The Bertz CT molecular complexity index is 274. The molecule has 0 aromatic heterocycles. The molecular weight excluding hydrogens is 150 g/mol. The minimum atomic E-state index is 0.519. The first-order valence-corrected chi connectivity index (χ1v) is 3.74. The first-order valence-electron chi connectivity index (χ1n) is 3.74. The zero-order chi connectivity index (χ0) is 8.97. The van der Waals surface area contributed by atoms with Crippen molar-refractivity contribution in [2.24, 2.45) is 4.99 Å². The van der Waals surface area contributed by atoms with Gasteiger partial charge in [0.2, 0.25) is 0 Å². The average molecular weight is 162 g/mol. The fraction of sp³-hybridized carbons (Fsp3) is 0.222. The summed E-state index contributed by atoms with van der Waals surface area (Å²) in [6, 6.07) is 7.25. The molecule has 0 aliphatic heterocycles. The Balaban J connectivity index is 2.96. The molecule has 3 heteroatoms. The van der Waals surface area contributed by atoms with Gasteiger partial charge in [0.05, 0.1) is 5.69 Å². The van der Waals surface area contributed by atoms with Gasteiger partial charge < -0.3 is 11.1 Å². The molecule has 2 N–H and O–H groups in total. The second-order valence-electron chi connectivity index (χ2n) is 2.40. The van der Waals surface area contributed by atoms with Crippen LogP contribution < -0.4 is 11.1 Å². The second-order valence-corrected chi connectivity index (χ2v) is 2.40. The maximum absolute atomic E-state index is 7.29. The fourth-order valence-corrected chi connectivity index (χ4v) is 1.01. The van der Waals surface area contributed by atoms with Crippen molar-refractivity contribution in [2.45, 2.75) is 0 Å². The number of hydrogen-bond donors (Lipinski definition) is 1. The standard InChI is InChI=1S/C9H12N3/c1-11-9(12-2)7-3-5-8(10)6-4-7/h3-6,10H,1-2H3,(H,11,12). The molecule has 0 amide bonds. The van der Waals surface area contributed by atoms with E-state index in [0.717, 1.165) is 11.4 Å². The lowest BCUT2D eigenvalue weighted by Crippen LogP contribution is -2.18. The van der Waals surface area contributed by atoms with Crippen molar-refractivity contribution >= 4 is 11.5 Å². The second kappa shape index (κ2) is 3.76. The SMILES string of the molecule is C/N=C(\NC)c1ccc([NH])cc1. The maximum Gasteiger partial charge on any atom is 0.127 e. The van der Waals surface area contributed by atoms with Gasteiger partial charge in [0.25, 0.3) is 0 Å². The largest absolute Gasteiger partial charge is 0.373 e.